The summed E-state index contributed by atoms with van der Waals surface area (Å²) in [4.78, 5) is 49.1. The zero-order valence-corrected chi connectivity index (χ0v) is 15.5. The van der Waals surface area contributed by atoms with Gasteiger partial charge in [0.2, 0.25) is 5.91 Å². The van der Waals surface area contributed by atoms with Gasteiger partial charge in [-0.1, -0.05) is 23.2 Å². The van der Waals surface area contributed by atoms with Gasteiger partial charge in [-0.2, -0.15) is 0 Å². The van der Waals surface area contributed by atoms with Crippen LogP contribution in [0.25, 0.3) is 0 Å². The van der Waals surface area contributed by atoms with Crippen LogP contribution >= 0.6 is 23.2 Å². The minimum atomic E-state index is -0.607. The maximum Gasteiger partial charge on any atom is 0.326 e. The quantitative estimate of drug-likeness (QED) is 0.557. The van der Waals surface area contributed by atoms with Gasteiger partial charge in [-0.05, 0) is 24.6 Å². The number of imide groups is 1. The highest BCUT2D eigenvalue weighted by Crippen LogP contribution is 2.25. The highest BCUT2D eigenvalue weighted by molar-refractivity contribution is 6.35. The average molecular weight is 402 g/mol. The molecule has 1 aromatic carbocycles. The molecule has 26 heavy (non-hydrogen) atoms. The van der Waals surface area contributed by atoms with E-state index in [0.29, 0.717) is 15.7 Å². The number of carbonyl (C=O) groups excluding carboxylic acids is 4. The largest absolute Gasteiger partial charge is 0.456 e. The molecule has 2 rings (SSSR count). The summed E-state index contributed by atoms with van der Waals surface area (Å²) in [5.74, 6) is -1.47. The number of esters is 1. The lowest BCUT2D eigenvalue weighted by atomic mass is 10.3. The van der Waals surface area contributed by atoms with Crippen LogP contribution in [0, 0.1) is 0 Å². The molecule has 8 nitrogen and oxygen atoms in total. The van der Waals surface area contributed by atoms with Gasteiger partial charge in [-0.15, -0.1) is 0 Å². The third-order valence-electron chi connectivity index (χ3n) is 3.56. The number of hydrogen-bond acceptors (Lipinski definition) is 5. The summed E-state index contributed by atoms with van der Waals surface area (Å²) in [7, 11) is 1.53. The smallest absolute Gasteiger partial charge is 0.326 e. The monoisotopic (exact) mass is 401 g/mol. The lowest BCUT2D eigenvalue weighted by molar-refractivity contribution is -0.147. The zero-order valence-electron chi connectivity index (χ0n) is 14.0. The summed E-state index contributed by atoms with van der Waals surface area (Å²) in [6.45, 7) is -0.317. The molecule has 0 aromatic heterocycles. The predicted octanol–water partition coefficient (Wildman–Crippen LogP) is 2.15. The molecule has 1 fully saturated rings. The summed E-state index contributed by atoms with van der Waals surface area (Å²) in [6.07, 6.45) is 0.234. The van der Waals surface area contributed by atoms with E-state index in [2.05, 4.69) is 5.32 Å². The lowest BCUT2D eigenvalue weighted by Crippen LogP contribution is -2.32. The van der Waals surface area contributed by atoms with Gasteiger partial charge in [0.1, 0.15) is 6.54 Å². The number of benzene rings is 1. The van der Waals surface area contributed by atoms with Crippen LogP contribution in [0.2, 0.25) is 10.0 Å². The molecule has 0 aliphatic carbocycles. The topological polar surface area (TPSA) is 96.0 Å². The van der Waals surface area contributed by atoms with E-state index in [4.69, 9.17) is 27.9 Å². The Morgan fingerprint density at radius 2 is 2.00 bits per heavy atom. The Bertz CT molecular complexity index is 741. The highest BCUT2D eigenvalue weighted by atomic mass is 35.5. The van der Waals surface area contributed by atoms with E-state index in [9.17, 15) is 19.2 Å². The summed E-state index contributed by atoms with van der Waals surface area (Å²) in [6, 6.07) is 4.20. The number of rotatable bonds is 7. The second-order valence-corrected chi connectivity index (χ2v) is 6.46. The molecular weight excluding hydrogens is 385 g/mol. The molecule has 0 unspecified atom stereocenters. The van der Waals surface area contributed by atoms with Crippen molar-refractivity contribution in [3.63, 3.8) is 0 Å². The first kappa shape index (κ1) is 20.0. The fourth-order valence-electron chi connectivity index (χ4n) is 2.27. The molecule has 1 heterocycles. The van der Waals surface area contributed by atoms with Crippen molar-refractivity contribution < 1.29 is 23.9 Å². The summed E-state index contributed by atoms with van der Waals surface area (Å²) in [5, 5.41) is 3.19. The first-order valence-electron chi connectivity index (χ1n) is 7.74. The fourth-order valence-corrected chi connectivity index (χ4v) is 2.61. The average Bonchev–Trinajstić information content (AvgIpc) is 2.82. The van der Waals surface area contributed by atoms with Crippen molar-refractivity contribution >= 4 is 52.7 Å². The maximum atomic E-state index is 11.8. The Balaban J connectivity index is 1.70. The van der Waals surface area contributed by atoms with Crippen LogP contribution in [0.4, 0.5) is 10.5 Å². The van der Waals surface area contributed by atoms with Crippen molar-refractivity contribution in [2.45, 2.75) is 12.8 Å². The SMILES string of the molecule is CN1CC(=O)N(CCCC(=O)OCC(=O)Nc2cc(Cl)ccc2Cl)C1=O. The Hall–Kier alpha value is -2.32. The lowest BCUT2D eigenvalue weighted by Gasteiger charge is -2.13. The third kappa shape index (κ3) is 5.34. The molecular formula is C16H17Cl2N3O5. The molecule has 1 aliphatic rings. The Morgan fingerprint density at radius 1 is 1.27 bits per heavy atom. The van der Waals surface area contributed by atoms with Crippen LogP contribution in [-0.2, 0) is 19.1 Å². The van der Waals surface area contributed by atoms with Gasteiger partial charge >= 0.3 is 12.0 Å². The van der Waals surface area contributed by atoms with Crippen LogP contribution in [0.3, 0.4) is 0 Å². The van der Waals surface area contributed by atoms with Crippen molar-refractivity contribution in [1.29, 1.82) is 0 Å². The molecule has 0 atom stereocenters. The number of likely N-dealkylation sites (N-methyl/N-ethyl adjacent to an activating group) is 1. The fraction of sp³-hybridized carbons (Fsp3) is 0.375. The Kier molecular flexibility index (Phi) is 6.82. The van der Waals surface area contributed by atoms with Gasteiger partial charge in [0, 0.05) is 25.0 Å². The molecule has 0 saturated carbocycles. The molecule has 0 spiro atoms. The molecule has 140 valence electrons. The van der Waals surface area contributed by atoms with Gasteiger partial charge in [0.05, 0.1) is 10.7 Å². The summed E-state index contributed by atoms with van der Waals surface area (Å²) >= 11 is 11.7. The van der Waals surface area contributed by atoms with Crippen molar-refractivity contribution in [3.8, 4) is 0 Å². The number of hydrogen-bond donors (Lipinski definition) is 1. The molecule has 1 N–H and O–H groups in total. The molecule has 4 amide bonds. The van der Waals surface area contributed by atoms with Gasteiger partial charge < -0.3 is 15.0 Å². The number of halogens is 2. The second kappa shape index (κ2) is 8.86. The minimum Gasteiger partial charge on any atom is -0.456 e. The van der Waals surface area contributed by atoms with Crippen molar-refractivity contribution in [1.82, 2.24) is 9.80 Å². The minimum absolute atomic E-state index is 0.0218. The van der Waals surface area contributed by atoms with Crippen LogP contribution in [0.1, 0.15) is 12.8 Å². The van der Waals surface area contributed by atoms with Crippen molar-refractivity contribution in [2.75, 3.05) is 32.1 Å². The van der Waals surface area contributed by atoms with Crippen LogP contribution in [0.15, 0.2) is 18.2 Å². The first-order chi connectivity index (χ1) is 12.3. The Labute approximate surface area is 160 Å². The number of amides is 4. The normalized spacial score (nSPS) is 14.0. The summed E-state index contributed by atoms with van der Waals surface area (Å²) in [5.41, 5.74) is 0.315. The standard InChI is InChI=1S/C16H17Cl2N3O5/c1-20-8-14(23)21(16(20)25)6-2-3-15(24)26-9-13(22)19-12-7-10(17)4-5-11(12)18/h4-5,7H,2-3,6,8-9H2,1H3,(H,19,22). The van der Waals surface area contributed by atoms with Crippen LogP contribution in [0.5, 0.6) is 0 Å². The molecule has 1 aliphatic heterocycles. The molecule has 1 saturated heterocycles. The van der Waals surface area contributed by atoms with E-state index in [1.807, 2.05) is 0 Å². The van der Waals surface area contributed by atoms with E-state index in [1.165, 1.54) is 24.1 Å². The Morgan fingerprint density at radius 3 is 2.65 bits per heavy atom. The number of nitrogens with one attached hydrogen (secondary N) is 1. The van der Waals surface area contributed by atoms with E-state index in [0.717, 1.165) is 4.90 Å². The number of anilines is 1. The van der Waals surface area contributed by atoms with Gasteiger partial charge in [0.25, 0.3) is 5.91 Å². The van der Waals surface area contributed by atoms with E-state index >= 15 is 0 Å². The van der Waals surface area contributed by atoms with Crippen LogP contribution < -0.4 is 5.32 Å². The molecule has 1 aromatic rings. The second-order valence-electron chi connectivity index (χ2n) is 5.62. The number of urea groups is 1. The predicted molar refractivity (Wildman–Crippen MR) is 95.0 cm³/mol. The summed E-state index contributed by atoms with van der Waals surface area (Å²) < 4.78 is 4.86. The maximum absolute atomic E-state index is 11.8. The zero-order chi connectivity index (χ0) is 19.3. The first-order valence-corrected chi connectivity index (χ1v) is 8.49. The molecule has 0 bridgehead atoms. The van der Waals surface area contributed by atoms with Gasteiger partial charge in [-0.25, -0.2) is 4.79 Å². The van der Waals surface area contributed by atoms with E-state index in [1.54, 1.807) is 6.07 Å². The van der Waals surface area contributed by atoms with E-state index in [-0.39, 0.29) is 37.9 Å². The van der Waals surface area contributed by atoms with E-state index < -0.39 is 18.5 Å². The number of nitrogens with zero attached hydrogens (tertiary/aromatic N) is 2. The molecule has 0 radical (unpaired) electrons. The number of ether oxygens (including phenoxy) is 1. The van der Waals surface area contributed by atoms with Gasteiger partial charge in [-0.3, -0.25) is 19.3 Å². The van der Waals surface area contributed by atoms with Crippen molar-refractivity contribution in [2.24, 2.45) is 0 Å². The van der Waals surface area contributed by atoms with Gasteiger partial charge in [0.15, 0.2) is 6.61 Å². The van der Waals surface area contributed by atoms with Crippen LogP contribution in [-0.4, -0.2) is 60.4 Å². The number of carbonyl (C=O) groups is 4. The highest BCUT2D eigenvalue weighted by Gasteiger charge is 2.32. The third-order valence-corrected chi connectivity index (χ3v) is 4.12. The molecule has 10 heteroatoms. The van der Waals surface area contributed by atoms with Crippen molar-refractivity contribution in [3.05, 3.63) is 28.2 Å².